The summed E-state index contributed by atoms with van der Waals surface area (Å²) < 4.78 is 5.86. The molecular formula is C56H71N9O11. The number of carbonyl (C=O) groups excluding carboxylic acids is 7. The molecule has 12 N–H and O–H groups in total. The van der Waals surface area contributed by atoms with Gasteiger partial charge in [-0.25, -0.2) is 0 Å². The first-order valence-electron chi connectivity index (χ1n) is 26.2. The predicted molar refractivity (Wildman–Crippen MR) is 283 cm³/mol. The maximum atomic E-state index is 14.4. The van der Waals surface area contributed by atoms with Gasteiger partial charge in [0.2, 0.25) is 35.4 Å². The van der Waals surface area contributed by atoms with Crippen LogP contribution in [-0.2, 0) is 35.2 Å². The van der Waals surface area contributed by atoms with Crippen molar-refractivity contribution in [2.45, 2.75) is 126 Å². The molecule has 4 aromatic rings. The SMILES string of the molecule is CCCCCOc1ccc(-c2ccc(-c3ccc(C(=O)N[C@H]4CCCNC(=O)C5C[C@H](N)CN5C(=O)C(CN)NC(=O)C(CCc5ccc(O)cc5)NC(=O)C5C[C@@H](O)CN5C(=O)C(C(C)O)NC4=O)cc3)cc2)cc1. The van der Waals surface area contributed by atoms with Gasteiger partial charge in [-0.1, -0.05) is 80.4 Å². The van der Waals surface area contributed by atoms with Gasteiger partial charge in [-0.15, -0.1) is 0 Å². The molecule has 406 valence electrons. The molecule has 0 aromatic heterocycles. The molecule has 20 nitrogen and oxygen atoms in total. The lowest BCUT2D eigenvalue weighted by Gasteiger charge is -2.32. The highest BCUT2D eigenvalue weighted by Gasteiger charge is 2.45. The highest BCUT2D eigenvalue weighted by atomic mass is 16.5. The number of nitrogens with zero attached hydrogens (tertiary/aromatic N) is 2. The van der Waals surface area contributed by atoms with Crippen LogP contribution >= 0.6 is 0 Å². The number of phenols is 1. The summed E-state index contributed by atoms with van der Waals surface area (Å²) in [6.45, 7) is 3.33. The van der Waals surface area contributed by atoms with E-state index >= 15 is 0 Å². The maximum Gasteiger partial charge on any atom is 0.251 e. The van der Waals surface area contributed by atoms with E-state index in [4.69, 9.17) is 16.2 Å². The summed E-state index contributed by atoms with van der Waals surface area (Å²) in [6, 6.07) is 20.3. The van der Waals surface area contributed by atoms with Gasteiger partial charge in [0.1, 0.15) is 47.8 Å². The summed E-state index contributed by atoms with van der Waals surface area (Å²) >= 11 is 0. The minimum atomic E-state index is -1.66. The number of nitrogens with two attached hydrogens (primary N) is 2. The average molecular weight is 1050 g/mol. The van der Waals surface area contributed by atoms with Crippen LogP contribution < -0.4 is 42.8 Å². The second-order valence-electron chi connectivity index (χ2n) is 19.9. The molecule has 6 unspecified atom stereocenters. The van der Waals surface area contributed by atoms with E-state index < -0.39 is 95.9 Å². The van der Waals surface area contributed by atoms with Gasteiger partial charge < -0.3 is 67.9 Å². The van der Waals surface area contributed by atoms with E-state index in [2.05, 4.69) is 33.5 Å². The van der Waals surface area contributed by atoms with Gasteiger partial charge in [0.15, 0.2) is 0 Å². The van der Waals surface area contributed by atoms with Crippen LogP contribution in [0.4, 0.5) is 0 Å². The molecule has 3 aliphatic rings. The number of hydrogen-bond donors (Lipinski definition) is 10. The number of aliphatic hydroxyl groups is 2. The molecule has 4 aromatic carbocycles. The quantitative estimate of drug-likeness (QED) is 0.0805. The maximum absolute atomic E-state index is 14.4. The molecule has 3 aliphatic heterocycles. The third-order valence-electron chi connectivity index (χ3n) is 14.1. The zero-order valence-corrected chi connectivity index (χ0v) is 43.0. The summed E-state index contributed by atoms with van der Waals surface area (Å²) in [4.78, 5) is 101. The Hall–Kier alpha value is -7.39. The predicted octanol–water partition coefficient (Wildman–Crippen LogP) is 1.62. The van der Waals surface area contributed by atoms with E-state index in [0.717, 1.165) is 52.2 Å². The summed E-state index contributed by atoms with van der Waals surface area (Å²) in [5.41, 5.74) is 17.0. The molecule has 0 spiro atoms. The highest BCUT2D eigenvalue weighted by molar-refractivity contribution is 6.00. The van der Waals surface area contributed by atoms with Crippen molar-refractivity contribution < 1.29 is 53.6 Å². The van der Waals surface area contributed by atoms with Crippen LogP contribution in [0.5, 0.6) is 11.5 Å². The molecule has 9 atom stereocenters. The second kappa shape index (κ2) is 26.4. The number of aliphatic hydroxyl groups excluding tert-OH is 2. The Labute approximate surface area is 442 Å². The van der Waals surface area contributed by atoms with Crippen molar-refractivity contribution in [2.75, 3.05) is 32.8 Å². The number of phenolic OH excluding ortho intramolecular Hbond substituents is 1. The number of benzene rings is 4. The summed E-state index contributed by atoms with van der Waals surface area (Å²) in [5.74, 6) is -4.41. The number of fused-ring (bicyclic) bond motifs is 2. The molecule has 0 radical (unpaired) electrons. The van der Waals surface area contributed by atoms with Gasteiger partial charge in [0.05, 0.1) is 18.8 Å². The molecule has 3 saturated heterocycles. The zero-order chi connectivity index (χ0) is 54.5. The number of nitrogens with one attached hydrogen (secondary N) is 5. The van der Waals surface area contributed by atoms with Crippen molar-refractivity contribution >= 4 is 41.4 Å². The Bertz CT molecular complexity index is 2650. The Kier molecular flexibility index (Phi) is 19.6. The van der Waals surface area contributed by atoms with E-state index in [1.165, 1.54) is 24.0 Å². The van der Waals surface area contributed by atoms with Crippen molar-refractivity contribution in [1.82, 2.24) is 36.4 Å². The van der Waals surface area contributed by atoms with Crippen LogP contribution in [0, 0.1) is 0 Å². The molecule has 3 heterocycles. The third-order valence-corrected chi connectivity index (χ3v) is 14.1. The average Bonchev–Trinajstić information content (AvgIpc) is 4.02. The van der Waals surface area contributed by atoms with Gasteiger partial charge >= 0.3 is 0 Å². The van der Waals surface area contributed by atoms with Gasteiger partial charge in [-0.3, -0.25) is 33.6 Å². The third kappa shape index (κ3) is 14.5. The Balaban J connectivity index is 1.10. The molecule has 3 fully saturated rings. The summed E-state index contributed by atoms with van der Waals surface area (Å²) in [5, 5.41) is 45.2. The van der Waals surface area contributed by atoms with Crippen LogP contribution in [0.1, 0.15) is 81.1 Å². The van der Waals surface area contributed by atoms with Gasteiger partial charge in [-0.2, -0.15) is 0 Å². The number of aryl methyl sites for hydroxylation is 1. The fourth-order valence-corrected chi connectivity index (χ4v) is 9.79. The monoisotopic (exact) mass is 1050 g/mol. The lowest BCUT2D eigenvalue weighted by molar-refractivity contribution is -0.144. The topological polar surface area (TPSA) is 308 Å². The molecule has 20 heteroatoms. The highest BCUT2D eigenvalue weighted by Crippen LogP contribution is 2.28. The lowest BCUT2D eigenvalue weighted by atomic mass is 9.99. The minimum Gasteiger partial charge on any atom is -0.508 e. The van der Waals surface area contributed by atoms with Gasteiger partial charge in [0, 0.05) is 44.2 Å². The van der Waals surface area contributed by atoms with E-state index in [1.807, 2.05) is 48.5 Å². The first-order chi connectivity index (χ1) is 36.5. The van der Waals surface area contributed by atoms with E-state index in [0.29, 0.717) is 12.2 Å². The molecule has 0 bridgehead atoms. The number of unbranched alkanes of at least 4 members (excludes halogenated alkanes) is 2. The lowest BCUT2D eigenvalue weighted by Crippen LogP contribution is -2.61. The molecule has 7 amide bonds. The summed E-state index contributed by atoms with van der Waals surface area (Å²) in [6.07, 6.45) is 0.604. The number of aromatic hydroxyl groups is 1. The molecule has 0 saturated carbocycles. The zero-order valence-electron chi connectivity index (χ0n) is 43.0. The normalized spacial score (nSPS) is 24.5. The number of rotatable bonds is 14. The largest absolute Gasteiger partial charge is 0.508 e. The van der Waals surface area contributed by atoms with Crippen LogP contribution in [0.2, 0.25) is 0 Å². The Morgan fingerprint density at radius 2 is 1.33 bits per heavy atom. The first-order valence-corrected chi connectivity index (χ1v) is 26.2. The van der Waals surface area contributed by atoms with Crippen molar-refractivity contribution in [3.8, 4) is 33.8 Å². The van der Waals surface area contributed by atoms with Crippen LogP contribution in [0.15, 0.2) is 97.1 Å². The van der Waals surface area contributed by atoms with E-state index in [1.54, 1.807) is 36.4 Å². The Morgan fingerprint density at radius 3 is 1.95 bits per heavy atom. The van der Waals surface area contributed by atoms with Crippen molar-refractivity contribution in [2.24, 2.45) is 11.5 Å². The van der Waals surface area contributed by atoms with E-state index in [-0.39, 0.29) is 76.0 Å². The molecule has 7 rings (SSSR count). The van der Waals surface area contributed by atoms with Gasteiger partial charge in [-0.05, 0) is 110 Å². The summed E-state index contributed by atoms with van der Waals surface area (Å²) in [7, 11) is 0. The van der Waals surface area contributed by atoms with Crippen LogP contribution in [0.25, 0.3) is 22.3 Å². The molecule has 76 heavy (non-hydrogen) atoms. The first kappa shape index (κ1) is 56.3. The smallest absolute Gasteiger partial charge is 0.251 e. The number of ether oxygens (including phenoxy) is 1. The van der Waals surface area contributed by atoms with Crippen molar-refractivity contribution in [1.29, 1.82) is 0 Å². The minimum absolute atomic E-state index is 0.0156. The Morgan fingerprint density at radius 1 is 0.737 bits per heavy atom. The number of carbonyl (C=O) groups is 7. The van der Waals surface area contributed by atoms with E-state index in [9.17, 15) is 48.9 Å². The van der Waals surface area contributed by atoms with Gasteiger partial charge in [0.25, 0.3) is 5.91 Å². The fraction of sp³-hybridized carbons (Fsp3) is 0.446. The number of amides is 7. The van der Waals surface area contributed by atoms with Crippen LogP contribution in [0.3, 0.4) is 0 Å². The van der Waals surface area contributed by atoms with Crippen molar-refractivity contribution in [3.63, 3.8) is 0 Å². The fourth-order valence-electron chi connectivity index (χ4n) is 9.79. The second-order valence-corrected chi connectivity index (χ2v) is 19.9. The molecular weight excluding hydrogens is 975 g/mol. The van der Waals surface area contributed by atoms with Crippen LogP contribution in [-0.4, -0.2) is 154 Å². The molecule has 0 aliphatic carbocycles. The number of hydrogen-bond acceptors (Lipinski definition) is 13. The van der Waals surface area contributed by atoms with Crippen molar-refractivity contribution in [3.05, 3.63) is 108 Å². The standard InChI is InChI=1S/C56H71N9O11/c1-3-4-5-27-76-43-23-19-38(20-24-43)36-13-11-35(12-14-36)37-15-17-39(18-16-37)50(69)60-44-7-6-26-59-53(72)47-28-40(58)31-64(47)55(74)46(30-57)62-51(70)45(25-10-34-8-21-41(67)22-9-34)61-54(73)48-29-42(68)32-65(48)56(75)49(33(2)66)63-52(44)71/h8-9,11-24,33,40,42,44-49,66-68H,3-7,10,25-32,57-58H2,1-2H3,(H,59,72)(H,60,69)(H,61,73)(H,62,70)(H,63,71)/t33?,40-,42+,44-,45?,46?,47?,48?,49?/m0/s1.